The van der Waals surface area contributed by atoms with Gasteiger partial charge in [0.2, 0.25) is 5.13 Å². The van der Waals surface area contributed by atoms with Crippen LogP contribution in [0.1, 0.15) is 12.2 Å². The van der Waals surface area contributed by atoms with Gasteiger partial charge >= 0.3 is 0 Å². The lowest BCUT2D eigenvalue weighted by Crippen LogP contribution is -2.24. The van der Waals surface area contributed by atoms with Crippen LogP contribution in [0, 0.1) is 0 Å². The van der Waals surface area contributed by atoms with E-state index in [-0.39, 0.29) is 6.10 Å². The fraction of sp³-hybridized carbons (Fsp3) is 0.467. The van der Waals surface area contributed by atoms with Crippen molar-refractivity contribution >= 4 is 28.3 Å². The van der Waals surface area contributed by atoms with Crippen LogP contribution < -0.4 is 9.64 Å². The number of hydrogen-bond acceptors (Lipinski definition) is 6. The van der Waals surface area contributed by atoms with E-state index < -0.39 is 0 Å². The van der Waals surface area contributed by atoms with Crippen LogP contribution in [0.2, 0.25) is 5.02 Å². The first-order valence-electron chi connectivity index (χ1n) is 7.23. The number of rotatable bonds is 6. The summed E-state index contributed by atoms with van der Waals surface area (Å²) >= 11 is 7.42. The second-order valence-electron chi connectivity index (χ2n) is 5.17. The Morgan fingerprint density at radius 2 is 2.36 bits per heavy atom. The van der Waals surface area contributed by atoms with Crippen molar-refractivity contribution in [3.8, 4) is 5.75 Å². The van der Waals surface area contributed by atoms with E-state index in [9.17, 15) is 0 Å². The quantitative estimate of drug-likeness (QED) is 0.809. The summed E-state index contributed by atoms with van der Waals surface area (Å²) in [7, 11) is 1.69. The van der Waals surface area contributed by atoms with Gasteiger partial charge in [0.05, 0.1) is 13.2 Å². The molecule has 0 spiro atoms. The Hall–Kier alpha value is -1.37. The van der Waals surface area contributed by atoms with Gasteiger partial charge in [-0.3, -0.25) is 0 Å². The smallest absolute Gasteiger partial charge is 0.205 e. The van der Waals surface area contributed by atoms with Crippen molar-refractivity contribution in [1.29, 1.82) is 0 Å². The van der Waals surface area contributed by atoms with E-state index in [2.05, 4.69) is 14.3 Å². The summed E-state index contributed by atoms with van der Waals surface area (Å²) in [5.74, 6) is 1.67. The SMILES string of the molecule is COCCc1nsc(N2CCC(Oc3cccc(Cl)c3)C2)n1. The van der Waals surface area contributed by atoms with Crippen LogP contribution in [0.25, 0.3) is 0 Å². The molecule has 0 amide bonds. The molecular formula is C15H18ClN3O2S. The Morgan fingerprint density at radius 3 is 3.18 bits per heavy atom. The fourth-order valence-electron chi connectivity index (χ4n) is 2.40. The Morgan fingerprint density at radius 1 is 1.45 bits per heavy atom. The molecule has 1 saturated heterocycles. The van der Waals surface area contributed by atoms with Crippen LogP contribution in [0.3, 0.4) is 0 Å². The van der Waals surface area contributed by atoms with Crippen molar-refractivity contribution in [2.45, 2.75) is 18.9 Å². The molecule has 5 nitrogen and oxygen atoms in total. The van der Waals surface area contributed by atoms with Crippen molar-refractivity contribution in [3.63, 3.8) is 0 Å². The molecule has 0 radical (unpaired) electrons. The molecule has 22 heavy (non-hydrogen) atoms. The third kappa shape index (κ3) is 3.88. The van der Waals surface area contributed by atoms with Gasteiger partial charge in [-0.25, -0.2) is 4.98 Å². The highest BCUT2D eigenvalue weighted by Gasteiger charge is 2.26. The third-order valence-corrected chi connectivity index (χ3v) is 4.55. The van der Waals surface area contributed by atoms with Gasteiger partial charge in [0.25, 0.3) is 0 Å². The topological polar surface area (TPSA) is 47.5 Å². The zero-order valence-electron chi connectivity index (χ0n) is 12.4. The highest BCUT2D eigenvalue weighted by molar-refractivity contribution is 7.09. The van der Waals surface area contributed by atoms with Crippen LogP contribution in [0.15, 0.2) is 24.3 Å². The summed E-state index contributed by atoms with van der Waals surface area (Å²) in [6.45, 7) is 2.41. The number of methoxy groups -OCH3 is 1. The number of nitrogens with zero attached hydrogens (tertiary/aromatic N) is 3. The molecule has 1 aromatic carbocycles. The summed E-state index contributed by atoms with van der Waals surface area (Å²) in [5, 5.41) is 1.66. The molecule has 2 heterocycles. The molecule has 1 fully saturated rings. The predicted octanol–water partition coefficient (Wildman–Crippen LogP) is 3.04. The number of hydrogen-bond donors (Lipinski definition) is 0. The van der Waals surface area contributed by atoms with Crippen LogP contribution in [-0.2, 0) is 11.2 Å². The molecule has 0 N–H and O–H groups in total. The summed E-state index contributed by atoms with van der Waals surface area (Å²) in [6, 6.07) is 7.52. The second-order valence-corrected chi connectivity index (χ2v) is 6.33. The first kappa shape index (κ1) is 15.5. The van der Waals surface area contributed by atoms with Gasteiger partial charge in [-0.2, -0.15) is 4.37 Å². The maximum Gasteiger partial charge on any atom is 0.205 e. The predicted molar refractivity (Wildman–Crippen MR) is 88.2 cm³/mol. The molecule has 0 bridgehead atoms. The Kier molecular flexibility index (Phi) is 5.12. The van der Waals surface area contributed by atoms with Gasteiger partial charge in [-0.05, 0) is 18.2 Å². The highest BCUT2D eigenvalue weighted by Crippen LogP contribution is 2.26. The number of halogens is 1. The van der Waals surface area contributed by atoms with Crippen molar-refractivity contribution in [2.75, 3.05) is 31.7 Å². The first-order valence-corrected chi connectivity index (χ1v) is 8.38. The Balaban J connectivity index is 1.56. The van der Waals surface area contributed by atoms with Gasteiger partial charge < -0.3 is 14.4 Å². The van der Waals surface area contributed by atoms with E-state index in [4.69, 9.17) is 21.1 Å². The maximum absolute atomic E-state index is 5.99. The Bertz CT molecular complexity index is 622. The van der Waals surface area contributed by atoms with Crippen molar-refractivity contribution in [3.05, 3.63) is 35.1 Å². The van der Waals surface area contributed by atoms with Crippen LogP contribution in [0.4, 0.5) is 5.13 Å². The average molecular weight is 340 g/mol. The molecule has 2 aromatic rings. The summed E-state index contributed by atoms with van der Waals surface area (Å²) in [5.41, 5.74) is 0. The summed E-state index contributed by atoms with van der Waals surface area (Å²) in [4.78, 5) is 6.79. The molecule has 1 aliphatic heterocycles. The molecule has 0 saturated carbocycles. The summed E-state index contributed by atoms with van der Waals surface area (Å²) < 4.78 is 15.4. The second kappa shape index (κ2) is 7.26. The zero-order chi connectivity index (χ0) is 15.4. The third-order valence-electron chi connectivity index (χ3n) is 3.50. The van der Waals surface area contributed by atoms with Gasteiger partial charge in [-0.1, -0.05) is 17.7 Å². The maximum atomic E-state index is 5.99. The normalized spacial score (nSPS) is 17.9. The highest BCUT2D eigenvalue weighted by atomic mass is 35.5. The lowest BCUT2D eigenvalue weighted by atomic mass is 10.3. The van der Waals surface area contributed by atoms with Gasteiger partial charge in [0.1, 0.15) is 17.7 Å². The molecule has 1 atom stereocenters. The molecule has 7 heteroatoms. The van der Waals surface area contributed by atoms with E-state index in [0.29, 0.717) is 11.6 Å². The number of aromatic nitrogens is 2. The van der Waals surface area contributed by atoms with E-state index >= 15 is 0 Å². The first-order chi connectivity index (χ1) is 10.7. The number of ether oxygens (including phenoxy) is 2. The van der Waals surface area contributed by atoms with Gasteiger partial charge in [-0.15, -0.1) is 0 Å². The molecular weight excluding hydrogens is 322 g/mol. The van der Waals surface area contributed by atoms with Crippen LogP contribution in [-0.4, -0.2) is 42.3 Å². The van der Waals surface area contributed by atoms with Gasteiger partial charge in [0.15, 0.2) is 0 Å². The van der Waals surface area contributed by atoms with E-state index in [1.165, 1.54) is 11.5 Å². The lowest BCUT2D eigenvalue weighted by molar-refractivity contribution is 0.201. The van der Waals surface area contributed by atoms with Gasteiger partial charge in [0, 0.05) is 43.1 Å². The monoisotopic (exact) mass is 339 g/mol. The lowest BCUT2D eigenvalue weighted by Gasteiger charge is -2.15. The van der Waals surface area contributed by atoms with Crippen molar-refractivity contribution in [1.82, 2.24) is 9.36 Å². The summed E-state index contributed by atoms with van der Waals surface area (Å²) in [6.07, 6.45) is 1.88. The number of anilines is 1. The van der Waals surface area contributed by atoms with E-state index in [1.54, 1.807) is 7.11 Å². The molecule has 1 unspecified atom stereocenters. The number of benzene rings is 1. The standard InChI is InChI=1S/C15H18ClN3O2S/c1-20-8-6-14-17-15(22-18-14)19-7-5-13(10-19)21-12-4-2-3-11(16)9-12/h2-4,9,13H,5-8,10H2,1H3. The molecule has 1 aromatic heterocycles. The van der Waals surface area contributed by atoms with Crippen LogP contribution in [0.5, 0.6) is 5.75 Å². The minimum absolute atomic E-state index is 0.157. The average Bonchev–Trinajstić information content (AvgIpc) is 3.14. The van der Waals surface area contributed by atoms with E-state index in [0.717, 1.165) is 42.6 Å². The van der Waals surface area contributed by atoms with Crippen LogP contribution >= 0.6 is 23.1 Å². The zero-order valence-corrected chi connectivity index (χ0v) is 13.9. The minimum atomic E-state index is 0.157. The molecule has 0 aliphatic carbocycles. The fourth-order valence-corrected chi connectivity index (χ4v) is 3.33. The molecule has 1 aliphatic rings. The van der Waals surface area contributed by atoms with Crippen molar-refractivity contribution < 1.29 is 9.47 Å². The molecule has 118 valence electrons. The largest absolute Gasteiger partial charge is 0.488 e. The van der Waals surface area contributed by atoms with E-state index in [1.807, 2.05) is 24.3 Å². The minimum Gasteiger partial charge on any atom is -0.488 e. The Labute approximate surface area is 139 Å². The molecule has 3 rings (SSSR count). The van der Waals surface area contributed by atoms with Crippen molar-refractivity contribution in [2.24, 2.45) is 0 Å².